The first-order valence-electron chi connectivity index (χ1n) is 9.00. The maximum Gasteiger partial charge on any atom is 0.305 e. The van der Waals surface area contributed by atoms with Gasteiger partial charge >= 0.3 is 5.91 Å². The van der Waals surface area contributed by atoms with Gasteiger partial charge in [-0.05, 0) is 35.7 Å². The highest BCUT2D eigenvalue weighted by Crippen LogP contribution is 2.25. The standard InChI is InChI=1S/C21H17N3O4S2/c25-19(10-15-13-30-21(22-15)14-8-9-29-12-14)23-24-20(26)18-7-6-17(28-18)11-27-16-4-2-1-3-5-16/h1-9,12-13H,10-11H2,(H,23,25)(H,24,26). The smallest absolute Gasteiger partial charge is 0.305 e. The molecule has 0 saturated carbocycles. The van der Waals surface area contributed by atoms with Crippen molar-refractivity contribution in [1.29, 1.82) is 0 Å². The van der Waals surface area contributed by atoms with Crippen LogP contribution in [0.15, 0.2) is 69.1 Å². The Morgan fingerprint density at radius 2 is 1.90 bits per heavy atom. The van der Waals surface area contributed by atoms with Crippen LogP contribution in [-0.4, -0.2) is 16.8 Å². The number of hydrogen-bond acceptors (Lipinski definition) is 7. The van der Waals surface area contributed by atoms with Crippen LogP contribution in [-0.2, 0) is 17.8 Å². The van der Waals surface area contributed by atoms with Crippen molar-refractivity contribution in [2.24, 2.45) is 0 Å². The molecule has 0 aliphatic rings. The summed E-state index contributed by atoms with van der Waals surface area (Å²) in [7, 11) is 0. The van der Waals surface area contributed by atoms with Crippen molar-refractivity contribution in [2.45, 2.75) is 13.0 Å². The second kappa shape index (κ2) is 9.38. The zero-order chi connectivity index (χ0) is 20.8. The van der Waals surface area contributed by atoms with Gasteiger partial charge in [0.15, 0.2) is 5.76 Å². The number of amides is 2. The third-order valence-electron chi connectivity index (χ3n) is 3.99. The van der Waals surface area contributed by atoms with E-state index in [1.807, 2.05) is 52.5 Å². The van der Waals surface area contributed by atoms with Gasteiger partial charge in [-0.3, -0.25) is 20.4 Å². The van der Waals surface area contributed by atoms with E-state index in [1.54, 1.807) is 17.4 Å². The monoisotopic (exact) mass is 439 g/mol. The van der Waals surface area contributed by atoms with E-state index in [4.69, 9.17) is 9.15 Å². The molecule has 0 fully saturated rings. The lowest BCUT2D eigenvalue weighted by Crippen LogP contribution is -2.42. The summed E-state index contributed by atoms with van der Waals surface area (Å²) in [4.78, 5) is 28.7. The predicted octanol–water partition coefficient (Wildman–Crippen LogP) is 4.05. The highest BCUT2D eigenvalue weighted by molar-refractivity contribution is 7.14. The maximum atomic E-state index is 12.2. The van der Waals surface area contributed by atoms with Gasteiger partial charge in [0.1, 0.15) is 23.1 Å². The number of para-hydroxylation sites is 1. The Hall–Kier alpha value is -3.43. The average molecular weight is 440 g/mol. The fraction of sp³-hybridized carbons (Fsp3) is 0.0952. The van der Waals surface area contributed by atoms with Gasteiger partial charge in [0.25, 0.3) is 0 Å². The first-order valence-corrected chi connectivity index (χ1v) is 10.8. The summed E-state index contributed by atoms with van der Waals surface area (Å²) >= 11 is 3.07. The molecule has 30 heavy (non-hydrogen) atoms. The van der Waals surface area contributed by atoms with Gasteiger partial charge in [-0.15, -0.1) is 11.3 Å². The van der Waals surface area contributed by atoms with Crippen LogP contribution in [0.1, 0.15) is 22.0 Å². The molecule has 152 valence electrons. The van der Waals surface area contributed by atoms with Crippen molar-refractivity contribution in [3.05, 3.63) is 81.9 Å². The van der Waals surface area contributed by atoms with Crippen LogP contribution in [0, 0.1) is 0 Å². The van der Waals surface area contributed by atoms with Crippen LogP contribution in [0.5, 0.6) is 5.75 Å². The molecule has 0 aliphatic carbocycles. The molecule has 0 spiro atoms. The zero-order valence-electron chi connectivity index (χ0n) is 15.7. The molecule has 4 aromatic rings. The van der Waals surface area contributed by atoms with E-state index in [9.17, 15) is 9.59 Å². The lowest BCUT2D eigenvalue weighted by molar-refractivity contribution is -0.121. The van der Waals surface area contributed by atoms with E-state index < -0.39 is 5.91 Å². The maximum absolute atomic E-state index is 12.2. The van der Waals surface area contributed by atoms with E-state index in [0.717, 1.165) is 10.6 Å². The van der Waals surface area contributed by atoms with Gasteiger partial charge in [-0.1, -0.05) is 18.2 Å². The van der Waals surface area contributed by atoms with Crippen molar-refractivity contribution < 1.29 is 18.7 Å². The summed E-state index contributed by atoms with van der Waals surface area (Å²) < 4.78 is 11.0. The Balaban J connectivity index is 1.24. The lowest BCUT2D eigenvalue weighted by Gasteiger charge is -2.05. The number of furan rings is 1. The molecule has 0 radical (unpaired) electrons. The summed E-state index contributed by atoms with van der Waals surface area (Å²) in [6.07, 6.45) is 0.0647. The summed E-state index contributed by atoms with van der Waals surface area (Å²) in [5.41, 5.74) is 6.40. The summed E-state index contributed by atoms with van der Waals surface area (Å²) in [6.45, 7) is 0.194. The van der Waals surface area contributed by atoms with Gasteiger partial charge in [-0.25, -0.2) is 4.98 Å². The Morgan fingerprint density at radius 1 is 1.03 bits per heavy atom. The number of ether oxygens (including phenoxy) is 1. The molecule has 0 saturated heterocycles. The largest absolute Gasteiger partial charge is 0.486 e. The highest BCUT2D eigenvalue weighted by atomic mass is 32.1. The molecular formula is C21H17N3O4S2. The Bertz CT molecular complexity index is 1120. The number of rotatable bonds is 7. The predicted molar refractivity (Wildman–Crippen MR) is 114 cm³/mol. The molecule has 7 nitrogen and oxygen atoms in total. The number of thiazole rings is 1. The molecule has 1 aromatic carbocycles. The zero-order valence-corrected chi connectivity index (χ0v) is 17.3. The minimum absolute atomic E-state index is 0.0647. The molecule has 0 aliphatic heterocycles. The lowest BCUT2D eigenvalue weighted by atomic mass is 10.3. The van der Waals surface area contributed by atoms with E-state index >= 15 is 0 Å². The van der Waals surface area contributed by atoms with Crippen molar-refractivity contribution in [3.63, 3.8) is 0 Å². The molecule has 2 N–H and O–H groups in total. The number of aromatic nitrogens is 1. The first-order chi connectivity index (χ1) is 14.7. The van der Waals surface area contributed by atoms with Crippen LogP contribution >= 0.6 is 22.7 Å². The summed E-state index contributed by atoms with van der Waals surface area (Å²) in [5.74, 6) is 0.363. The second-order valence-electron chi connectivity index (χ2n) is 6.20. The van der Waals surface area contributed by atoms with Crippen LogP contribution in [0.3, 0.4) is 0 Å². The summed E-state index contributed by atoms with van der Waals surface area (Å²) in [5, 5.41) is 6.68. The topological polar surface area (TPSA) is 93.5 Å². The van der Waals surface area contributed by atoms with Crippen LogP contribution < -0.4 is 15.6 Å². The second-order valence-corrected chi connectivity index (χ2v) is 7.84. The highest BCUT2D eigenvalue weighted by Gasteiger charge is 2.14. The Kier molecular flexibility index (Phi) is 6.21. The SMILES string of the molecule is O=C(Cc1csc(-c2ccsc2)n1)NNC(=O)c1ccc(COc2ccccc2)o1. The minimum atomic E-state index is -0.549. The molecular weight excluding hydrogens is 422 g/mol. The van der Waals surface area contributed by atoms with Gasteiger partial charge in [0.05, 0.1) is 12.1 Å². The van der Waals surface area contributed by atoms with Gasteiger partial charge in [0.2, 0.25) is 5.91 Å². The van der Waals surface area contributed by atoms with E-state index in [-0.39, 0.29) is 24.7 Å². The quantitative estimate of drug-likeness (QED) is 0.424. The number of hydrogen-bond donors (Lipinski definition) is 2. The molecule has 2 amide bonds. The minimum Gasteiger partial charge on any atom is -0.486 e. The van der Waals surface area contributed by atoms with E-state index in [2.05, 4.69) is 15.8 Å². The van der Waals surface area contributed by atoms with E-state index in [1.165, 1.54) is 17.4 Å². The molecule has 0 unspecified atom stereocenters. The third kappa shape index (κ3) is 5.13. The molecule has 0 atom stereocenters. The first kappa shape index (κ1) is 19.9. The Labute approximate surface area is 180 Å². The van der Waals surface area contributed by atoms with Crippen molar-refractivity contribution in [1.82, 2.24) is 15.8 Å². The third-order valence-corrected chi connectivity index (χ3v) is 5.61. The fourth-order valence-electron chi connectivity index (χ4n) is 2.55. The number of benzene rings is 1. The van der Waals surface area contributed by atoms with Crippen molar-refractivity contribution >= 4 is 34.5 Å². The summed E-state index contributed by atoms with van der Waals surface area (Å²) in [6, 6.07) is 14.5. The number of nitrogens with zero attached hydrogens (tertiary/aromatic N) is 1. The number of carbonyl (C=O) groups excluding carboxylic acids is 2. The molecule has 3 aromatic heterocycles. The fourth-order valence-corrected chi connectivity index (χ4v) is 4.08. The normalized spacial score (nSPS) is 10.5. The van der Waals surface area contributed by atoms with Crippen LogP contribution in [0.2, 0.25) is 0 Å². The Morgan fingerprint density at radius 3 is 2.70 bits per heavy atom. The molecule has 3 heterocycles. The van der Waals surface area contributed by atoms with Gasteiger partial charge in [-0.2, -0.15) is 11.3 Å². The van der Waals surface area contributed by atoms with Crippen molar-refractivity contribution in [2.75, 3.05) is 0 Å². The van der Waals surface area contributed by atoms with Crippen LogP contribution in [0.25, 0.3) is 10.6 Å². The molecule has 0 bridgehead atoms. The van der Waals surface area contributed by atoms with Gasteiger partial charge < -0.3 is 9.15 Å². The van der Waals surface area contributed by atoms with Crippen LogP contribution in [0.4, 0.5) is 0 Å². The number of carbonyl (C=O) groups is 2. The number of hydrazine groups is 1. The molecule has 4 rings (SSSR count). The molecule has 9 heteroatoms. The average Bonchev–Trinajstić information content (AvgIpc) is 3.53. The number of thiophene rings is 1. The van der Waals surface area contributed by atoms with Gasteiger partial charge in [0, 0.05) is 16.3 Å². The van der Waals surface area contributed by atoms with Crippen molar-refractivity contribution in [3.8, 4) is 16.3 Å². The van der Waals surface area contributed by atoms with E-state index in [0.29, 0.717) is 17.2 Å². The number of nitrogens with one attached hydrogen (secondary N) is 2.